The lowest BCUT2D eigenvalue weighted by molar-refractivity contribution is -0.0625. The van der Waals surface area contributed by atoms with Crippen molar-refractivity contribution >= 4 is 0 Å². The van der Waals surface area contributed by atoms with Crippen LogP contribution in [0, 0.1) is 0 Å². The van der Waals surface area contributed by atoms with Crippen molar-refractivity contribution in [2.45, 2.75) is 25.6 Å². The van der Waals surface area contributed by atoms with E-state index in [4.69, 9.17) is 24.1 Å². The Hall–Kier alpha value is -0.200. The summed E-state index contributed by atoms with van der Waals surface area (Å²) in [4.78, 5) is 0. The molecule has 2 unspecified atom stereocenters. The smallest absolute Gasteiger partial charge is 0.0835 e. The van der Waals surface area contributed by atoms with Crippen molar-refractivity contribution in [2.24, 2.45) is 0 Å². The number of methoxy groups -OCH3 is 2. The molecule has 0 aromatic carbocycles. The number of aliphatic hydroxyl groups is 1. The van der Waals surface area contributed by atoms with Crippen LogP contribution < -0.4 is 0 Å². The molecule has 0 saturated heterocycles. The zero-order chi connectivity index (χ0) is 12.2. The Morgan fingerprint density at radius 2 is 1.88 bits per heavy atom. The number of hydrogen-bond donors (Lipinski definition) is 1. The molecule has 0 heterocycles. The van der Waals surface area contributed by atoms with Crippen LogP contribution >= 0.6 is 0 Å². The molecule has 5 heteroatoms. The highest BCUT2D eigenvalue weighted by Gasteiger charge is 2.16. The molecular formula is C11H24O5. The van der Waals surface area contributed by atoms with Gasteiger partial charge in [0.25, 0.3) is 0 Å². The predicted molar refractivity (Wildman–Crippen MR) is 60.6 cm³/mol. The molecule has 0 aliphatic heterocycles. The van der Waals surface area contributed by atoms with E-state index in [2.05, 4.69) is 0 Å². The largest absolute Gasteiger partial charge is 0.394 e. The summed E-state index contributed by atoms with van der Waals surface area (Å²) in [6, 6.07) is 0. The number of aliphatic hydroxyl groups excluding tert-OH is 1. The van der Waals surface area contributed by atoms with Crippen LogP contribution in [0.3, 0.4) is 0 Å². The maximum absolute atomic E-state index is 8.69. The molecular weight excluding hydrogens is 212 g/mol. The highest BCUT2D eigenvalue weighted by Crippen LogP contribution is 2.07. The van der Waals surface area contributed by atoms with E-state index in [1.54, 1.807) is 14.2 Å². The number of ether oxygens (including phenoxy) is 4. The number of rotatable bonds is 11. The highest BCUT2D eigenvalue weighted by molar-refractivity contribution is 4.66. The summed E-state index contributed by atoms with van der Waals surface area (Å²) in [5.74, 6) is 0. The molecule has 0 aliphatic carbocycles. The zero-order valence-electron chi connectivity index (χ0n) is 10.5. The maximum atomic E-state index is 8.69. The van der Waals surface area contributed by atoms with E-state index in [1.165, 1.54) is 0 Å². The molecule has 0 aliphatic rings. The third kappa shape index (κ3) is 8.01. The maximum Gasteiger partial charge on any atom is 0.0835 e. The summed E-state index contributed by atoms with van der Waals surface area (Å²) in [5.41, 5.74) is 0. The normalized spacial score (nSPS) is 15.0. The van der Waals surface area contributed by atoms with Crippen molar-refractivity contribution in [1.29, 1.82) is 0 Å². The van der Waals surface area contributed by atoms with Gasteiger partial charge < -0.3 is 24.1 Å². The van der Waals surface area contributed by atoms with Gasteiger partial charge in [0.05, 0.1) is 38.6 Å². The van der Waals surface area contributed by atoms with Gasteiger partial charge in [-0.3, -0.25) is 0 Å². The lowest BCUT2D eigenvalue weighted by Crippen LogP contribution is -2.30. The van der Waals surface area contributed by atoms with Crippen molar-refractivity contribution in [3.05, 3.63) is 0 Å². The molecule has 0 aromatic heterocycles. The molecule has 0 aromatic rings. The first-order valence-corrected chi connectivity index (χ1v) is 5.60. The quantitative estimate of drug-likeness (QED) is 0.564. The molecule has 0 saturated carbocycles. The van der Waals surface area contributed by atoms with E-state index in [9.17, 15) is 0 Å². The van der Waals surface area contributed by atoms with Crippen molar-refractivity contribution < 1.29 is 24.1 Å². The van der Waals surface area contributed by atoms with Crippen LogP contribution in [0.25, 0.3) is 0 Å². The van der Waals surface area contributed by atoms with Gasteiger partial charge in [0.15, 0.2) is 0 Å². The van der Waals surface area contributed by atoms with Crippen LogP contribution in [0.5, 0.6) is 0 Å². The van der Waals surface area contributed by atoms with Gasteiger partial charge in [-0.15, -0.1) is 0 Å². The van der Waals surface area contributed by atoms with Crippen molar-refractivity contribution in [3.63, 3.8) is 0 Å². The fourth-order valence-corrected chi connectivity index (χ4v) is 1.36. The molecule has 0 amide bonds. The summed E-state index contributed by atoms with van der Waals surface area (Å²) in [6.07, 6.45) is 0.631. The first-order valence-electron chi connectivity index (χ1n) is 5.60. The first kappa shape index (κ1) is 15.8. The SMILES string of the molecule is CCOCC(CC(COC)OCCO)OC. The minimum absolute atomic E-state index is 0.00112. The molecule has 0 bridgehead atoms. The van der Waals surface area contributed by atoms with Crippen LogP contribution in [-0.4, -0.2) is 64.6 Å². The van der Waals surface area contributed by atoms with Crippen LogP contribution in [0.2, 0.25) is 0 Å². The van der Waals surface area contributed by atoms with Gasteiger partial charge in [0.1, 0.15) is 0 Å². The van der Waals surface area contributed by atoms with Gasteiger partial charge >= 0.3 is 0 Å². The van der Waals surface area contributed by atoms with Gasteiger partial charge in [-0.25, -0.2) is 0 Å². The van der Waals surface area contributed by atoms with Gasteiger partial charge in [0.2, 0.25) is 0 Å². The van der Waals surface area contributed by atoms with E-state index in [-0.39, 0.29) is 18.8 Å². The Kier molecular flexibility index (Phi) is 11.1. The summed E-state index contributed by atoms with van der Waals surface area (Å²) in [6.45, 7) is 4.00. The van der Waals surface area contributed by atoms with Crippen LogP contribution in [0.1, 0.15) is 13.3 Å². The van der Waals surface area contributed by atoms with Crippen molar-refractivity contribution in [1.82, 2.24) is 0 Å². The Morgan fingerprint density at radius 1 is 1.12 bits per heavy atom. The van der Waals surface area contributed by atoms with E-state index in [0.717, 1.165) is 0 Å². The summed E-state index contributed by atoms with van der Waals surface area (Å²) < 4.78 is 21.1. The lowest BCUT2D eigenvalue weighted by atomic mass is 10.1. The van der Waals surface area contributed by atoms with Crippen LogP contribution in [0.15, 0.2) is 0 Å². The monoisotopic (exact) mass is 236 g/mol. The fraction of sp³-hybridized carbons (Fsp3) is 1.00. The minimum Gasteiger partial charge on any atom is -0.394 e. The molecule has 0 radical (unpaired) electrons. The second-order valence-electron chi connectivity index (χ2n) is 3.42. The molecule has 16 heavy (non-hydrogen) atoms. The average molecular weight is 236 g/mol. The Labute approximate surface area is 97.6 Å². The molecule has 1 N–H and O–H groups in total. The zero-order valence-corrected chi connectivity index (χ0v) is 10.5. The molecule has 0 fully saturated rings. The summed E-state index contributed by atoms with van der Waals surface area (Å²) in [7, 11) is 3.28. The second-order valence-corrected chi connectivity index (χ2v) is 3.42. The standard InChI is InChI=1S/C11H24O5/c1-4-15-9-10(14-3)7-11(8-13-2)16-6-5-12/h10-12H,4-9H2,1-3H3. The lowest BCUT2D eigenvalue weighted by Gasteiger charge is -2.22. The minimum atomic E-state index is -0.0671. The van der Waals surface area contributed by atoms with Crippen molar-refractivity contribution in [3.8, 4) is 0 Å². The predicted octanol–water partition coefficient (Wildman–Crippen LogP) is 0.452. The highest BCUT2D eigenvalue weighted by atomic mass is 16.5. The van der Waals surface area contributed by atoms with Gasteiger partial charge in [0, 0.05) is 27.2 Å². The molecule has 5 nitrogen and oxygen atoms in total. The van der Waals surface area contributed by atoms with E-state index < -0.39 is 0 Å². The second kappa shape index (κ2) is 11.3. The first-order chi connectivity index (χ1) is 7.78. The Bertz CT molecular complexity index is 142. The number of hydrogen-bond acceptors (Lipinski definition) is 5. The van der Waals surface area contributed by atoms with Crippen LogP contribution in [-0.2, 0) is 18.9 Å². The summed E-state index contributed by atoms with van der Waals surface area (Å²) >= 11 is 0. The van der Waals surface area contributed by atoms with E-state index >= 15 is 0 Å². The molecule has 98 valence electrons. The topological polar surface area (TPSA) is 57.2 Å². The van der Waals surface area contributed by atoms with Gasteiger partial charge in [-0.05, 0) is 6.92 Å². The fourth-order valence-electron chi connectivity index (χ4n) is 1.36. The van der Waals surface area contributed by atoms with Crippen molar-refractivity contribution in [2.75, 3.05) is 47.3 Å². The van der Waals surface area contributed by atoms with E-state index in [0.29, 0.717) is 32.8 Å². The summed E-state index contributed by atoms with van der Waals surface area (Å²) in [5, 5.41) is 8.69. The third-order valence-electron chi connectivity index (χ3n) is 2.16. The average Bonchev–Trinajstić information content (AvgIpc) is 2.31. The molecule has 0 rings (SSSR count). The van der Waals surface area contributed by atoms with Crippen LogP contribution in [0.4, 0.5) is 0 Å². The Balaban J connectivity index is 3.90. The van der Waals surface area contributed by atoms with Gasteiger partial charge in [-0.2, -0.15) is 0 Å². The Morgan fingerprint density at radius 3 is 2.38 bits per heavy atom. The van der Waals surface area contributed by atoms with Gasteiger partial charge in [-0.1, -0.05) is 0 Å². The molecule has 0 spiro atoms. The molecule has 2 atom stereocenters. The third-order valence-corrected chi connectivity index (χ3v) is 2.16. The van der Waals surface area contributed by atoms with E-state index in [1.807, 2.05) is 6.92 Å².